The second-order valence-electron chi connectivity index (χ2n) is 4.81. The van der Waals surface area contributed by atoms with Crippen molar-refractivity contribution in [1.82, 2.24) is 0 Å². The lowest BCUT2D eigenvalue weighted by Gasteiger charge is -2.22. The van der Waals surface area contributed by atoms with Gasteiger partial charge in [-0.25, -0.2) is 0 Å². The predicted molar refractivity (Wildman–Crippen MR) is 73.3 cm³/mol. The van der Waals surface area contributed by atoms with Gasteiger partial charge in [0.15, 0.2) is 0 Å². The first-order valence-electron chi connectivity index (χ1n) is 5.95. The average molecular weight is 285 g/mol. The molecule has 6 heteroatoms. The number of para-hydroxylation sites is 1. The number of carbonyl (C=O) groups excluding carboxylic acids is 1. The highest BCUT2D eigenvalue weighted by atomic mass is 32.2. The molecule has 0 aromatic heterocycles. The molecule has 0 spiro atoms. The van der Waals surface area contributed by atoms with Crippen LogP contribution in [0.3, 0.4) is 0 Å². The molecule has 0 saturated heterocycles. The van der Waals surface area contributed by atoms with E-state index in [1.165, 1.54) is 12.1 Å². The fourth-order valence-electron chi connectivity index (χ4n) is 1.33. The summed E-state index contributed by atoms with van der Waals surface area (Å²) in [7, 11) is -2.75. The molecule has 1 rings (SSSR count). The zero-order valence-electron chi connectivity index (χ0n) is 11.6. The molecule has 0 aliphatic heterocycles. The van der Waals surface area contributed by atoms with Crippen LogP contribution in [-0.4, -0.2) is 21.4 Å². The van der Waals surface area contributed by atoms with E-state index in [0.29, 0.717) is 6.42 Å². The molecule has 0 radical (unpaired) electrons. The highest BCUT2D eigenvalue weighted by molar-refractivity contribution is 7.87. The Morgan fingerprint density at radius 1 is 1.32 bits per heavy atom. The van der Waals surface area contributed by atoms with Crippen LogP contribution in [0.15, 0.2) is 29.2 Å². The topological polar surface area (TPSA) is 72.5 Å². The van der Waals surface area contributed by atoms with E-state index in [1.54, 1.807) is 26.0 Å². The number of nitrogens with one attached hydrogen (secondary N) is 1. The number of hydrogen-bond donors (Lipinski definition) is 1. The lowest BCUT2D eigenvalue weighted by atomic mass is 9.89. The van der Waals surface area contributed by atoms with Gasteiger partial charge >= 0.3 is 0 Å². The minimum Gasteiger partial charge on any atom is -0.324 e. The first kappa shape index (κ1) is 15.7. The largest absolute Gasteiger partial charge is 0.324 e. The Kier molecular flexibility index (Phi) is 4.70. The van der Waals surface area contributed by atoms with Crippen molar-refractivity contribution in [3.05, 3.63) is 24.3 Å². The van der Waals surface area contributed by atoms with Crippen molar-refractivity contribution in [2.24, 2.45) is 5.41 Å². The van der Waals surface area contributed by atoms with E-state index in [-0.39, 0.29) is 16.5 Å². The summed E-state index contributed by atoms with van der Waals surface area (Å²) < 4.78 is 28.0. The second kappa shape index (κ2) is 5.71. The van der Waals surface area contributed by atoms with Crippen molar-refractivity contribution in [3.63, 3.8) is 0 Å². The quantitative estimate of drug-likeness (QED) is 0.843. The van der Waals surface area contributed by atoms with Crippen LogP contribution >= 0.6 is 0 Å². The summed E-state index contributed by atoms with van der Waals surface area (Å²) in [5.41, 5.74) is -0.333. The van der Waals surface area contributed by atoms with Crippen LogP contribution in [0, 0.1) is 5.41 Å². The van der Waals surface area contributed by atoms with E-state index in [1.807, 2.05) is 6.92 Å². The summed E-state index contributed by atoms with van der Waals surface area (Å²) in [5, 5.41) is 2.64. The molecule has 0 aliphatic rings. The molecule has 0 heterocycles. The maximum atomic E-state index is 12.1. The van der Waals surface area contributed by atoms with Gasteiger partial charge in [0.05, 0.1) is 12.8 Å². The fraction of sp³-hybridized carbons (Fsp3) is 0.462. The highest BCUT2D eigenvalue weighted by Gasteiger charge is 2.27. The van der Waals surface area contributed by atoms with Crippen molar-refractivity contribution >= 4 is 21.7 Å². The minimum atomic E-state index is -3.84. The highest BCUT2D eigenvalue weighted by Crippen LogP contribution is 2.26. The molecule has 0 atom stereocenters. The Balaban J connectivity index is 3.14. The smallest absolute Gasteiger partial charge is 0.298 e. The number of benzene rings is 1. The molecule has 0 saturated carbocycles. The maximum absolute atomic E-state index is 12.1. The maximum Gasteiger partial charge on any atom is 0.298 e. The fourth-order valence-corrected chi connectivity index (χ4v) is 2.14. The molecule has 19 heavy (non-hydrogen) atoms. The number of amides is 1. The SMILES string of the molecule is CCC(C)(C)C(=O)Nc1ccccc1S(=O)(=O)OC. The average Bonchev–Trinajstić information content (AvgIpc) is 2.39. The van der Waals surface area contributed by atoms with E-state index in [4.69, 9.17) is 0 Å². The third kappa shape index (κ3) is 3.54. The monoisotopic (exact) mass is 285 g/mol. The molecule has 106 valence electrons. The van der Waals surface area contributed by atoms with Crippen LogP contribution in [0.5, 0.6) is 0 Å². The molecule has 0 bridgehead atoms. The molecule has 0 fully saturated rings. The normalized spacial score (nSPS) is 12.2. The van der Waals surface area contributed by atoms with Gasteiger partial charge in [-0.2, -0.15) is 8.42 Å². The molecular weight excluding hydrogens is 266 g/mol. The molecule has 5 nitrogen and oxygen atoms in total. The summed E-state index contributed by atoms with van der Waals surface area (Å²) in [5.74, 6) is -0.228. The standard InChI is InChI=1S/C13H19NO4S/c1-5-13(2,3)12(15)14-10-8-6-7-9-11(10)19(16,17)18-4/h6-9H,5H2,1-4H3,(H,14,15). The van der Waals surface area contributed by atoms with Gasteiger partial charge in [-0.05, 0) is 18.6 Å². The Morgan fingerprint density at radius 2 is 1.89 bits per heavy atom. The number of anilines is 1. The summed E-state index contributed by atoms with van der Waals surface area (Å²) in [6.45, 7) is 5.50. The summed E-state index contributed by atoms with van der Waals surface area (Å²) in [6.07, 6.45) is 0.651. The van der Waals surface area contributed by atoms with Crippen molar-refractivity contribution in [3.8, 4) is 0 Å². The van der Waals surface area contributed by atoms with E-state index >= 15 is 0 Å². The lowest BCUT2D eigenvalue weighted by Crippen LogP contribution is -2.30. The lowest BCUT2D eigenvalue weighted by molar-refractivity contribution is -0.124. The molecular formula is C13H19NO4S. The molecule has 1 aromatic rings. The number of hydrogen-bond acceptors (Lipinski definition) is 4. The van der Waals surface area contributed by atoms with Gasteiger partial charge < -0.3 is 5.32 Å². The third-order valence-electron chi connectivity index (χ3n) is 3.12. The van der Waals surface area contributed by atoms with E-state index in [2.05, 4.69) is 9.50 Å². The van der Waals surface area contributed by atoms with Crippen LogP contribution in [0.2, 0.25) is 0 Å². The van der Waals surface area contributed by atoms with Gasteiger partial charge in [-0.3, -0.25) is 8.98 Å². The molecule has 1 N–H and O–H groups in total. The van der Waals surface area contributed by atoms with Gasteiger partial charge in [0, 0.05) is 5.41 Å². The Bertz CT molecular complexity index is 564. The first-order chi connectivity index (χ1) is 8.74. The van der Waals surface area contributed by atoms with Crippen molar-refractivity contribution < 1.29 is 17.4 Å². The van der Waals surface area contributed by atoms with Gasteiger partial charge in [0.25, 0.3) is 10.1 Å². The molecule has 1 aromatic carbocycles. The van der Waals surface area contributed by atoms with E-state index < -0.39 is 15.5 Å². The summed E-state index contributed by atoms with van der Waals surface area (Å²) in [6, 6.07) is 6.17. The number of carbonyl (C=O) groups is 1. The van der Waals surface area contributed by atoms with Crippen LogP contribution in [0.25, 0.3) is 0 Å². The van der Waals surface area contributed by atoms with Crippen LogP contribution in [-0.2, 0) is 19.1 Å². The zero-order chi connectivity index (χ0) is 14.7. The van der Waals surface area contributed by atoms with Gasteiger partial charge in [-0.15, -0.1) is 0 Å². The Labute approximate surface area is 114 Å². The summed E-state index contributed by atoms with van der Waals surface area (Å²) in [4.78, 5) is 12.0. The van der Waals surface area contributed by atoms with Gasteiger partial charge in [0.2, 0.25) is 5.91 Å². The molecule has 1 amide bonds. The predicted octanol–water partition coefficient (Wildman–Crippen LogP) is 2.40. The van der Waals surface area contributed by atoms with Crippen molar-refractivity contribution in [2.45, 2.75) is 32.1 Å². The van der Waals surface area contributed by atoms with Crippen molar-refractivity contribution in [1.29, 1.82) is 0 Å². The molecule has 0 aliphatic carbocycles. The summed E-state index contributed by atoms with van der Waals surface area (Å²) >= 11 is 0. The van der Waals surface area contributed by atoms with Gasteiger partial charge in [0.1, 0.15) is 4.90 Å². The van der Waals surface area contributed by atoms with Crippen LogP contribution in [0.4, 0.5) is 5.69 Å². The first-order valence-corrected chi connectivity index (χ1v) is 7.36. The molecule has 0 unspecified atom stereocenters. The Hall–Kier alpha value is -1.40. The van der Waals surface area contributed by atoms with Gasteiger partial charge in [-0.1, -0.05) is 32.9 Å². The van der Waals surface area contributed by atoms with Crippen LogP contribution < -0.4 is 5.32 Å². The zero-order valence-corrected chi connectivity index (χ0v) is 12.4. The minimum absolute atomic E-state index is 0.0437. The Morgan fingerprint density at radius 3 is 2.42 bits per heavy atom. The van der Waals surface area contributed by atoms with Crippen molar-refractivity contribution in [2.75, 3.05) is 12.4 Å². The number of rotatable bonds is 5. The second-order valence-corrected chi connectivity index (χ2v) is 6.49. The van der Waals surface area contributed by atoms with E-state index in [0.717, 1.165) is 7.11 Å². The van der Waals surface area contributed by atoms with E-state index in [9.17, 15) is 13.2 Å². The third-order valence-corrected chi connectivity index (χ3v) is 4.46. The van der Waals surface area contributed by atoms with Crippen LogP contribution in [0.1, 0.15) is 27.2 Å².